The second-order valence-electron chi connectivity index (χ2n) is 6.08. The fourth-order valence-electron chi connectivity index (χ4n) is 2.73. The van der Waals surface area contributed by atoms with E-state index in [1.165, 1.54) is 6.33 Å². The van der Waals surface area contributed by atoms with Crippen LogP contribution in [-0.4, -0.2) is 26.9 Å². The van der Waals surface area contributed by atoms with E-state index in [1.54, 1.807) is 6.92 Å². The van der Waals surface area contributed by atoms with E-state index in [1.807, 2.05) is 13.8 Å². The first-order valence-electron chi connectivity index (χ1n) is 6.69. The molecule has 3 rings (SSSR count). The molecule has 2 N–H and O–H groups in total. The largest absolute Gasteiger partial charge is 0.455 e. The maximum Gasteiger partial charge on any atom is 0.294 e. The van der Waals surface area contributed by atoms with Crippen LogP contribution in [0.4, 0.5) is 5.95 Å². The molecule has 2 aromatic rings. The maximum atomic E-state index is 12.3. The number of H-pyrrole nitrogens is 1. The summed E-state index contributed by atoms with van der Waals surface area (Å²) in [5, 5.41) is 8.74. The number of rotatable bonds is 2. The van der Waals surface area contributed by atoms with Gasteiger partial charge in [-0.25, -0.2) is 5.10 Å². The molecule has 0 aliphatic heterocycles. The first-order valence-corrected chi connectivity index (χ1v) is 6.69. The Kier molecular flexibility index (Phi) is 2.93. The monoisotopic (exact) mass is 288 g/mol. The number of amides is 1. The summed E-state index contributed by atoms with van der Waals surface area (Å²) in [6, 6.07) is 0. The molecule has 2 aromatic heterocycles. The van der Waals surface area contributed by atoms with Crippen LogP contribution in [0, 0.1) is 12.3 Å². The van der Waals surface area contributed by atoms with Crippen molar-refractivity contribution < 1.29 is 14.0 Å². The van der Waals surface area contributed by atoms with Gasteiger partial charge in [-0.15, -0.1) is 0 Å². The van der Waals surface area contributed by atoms with Crippen LogP contribution >= 0.6 is 0 Å². The smallest absolute Gasteiger partial charge is 0.294 e. The first-order chi connectivity index (χ1) is 9.87. The summed E-state index contributed by atoms with van der Waals surface area (Å²) in [7, 11) is 0. The molecule has 7 nitrogen and oxygen atoms in total. The van der Waals surface area contributed by atoms with Gasteiger partial charge in [0.25, 0.3) is 5.91 Å². The number of Topliss-reactive ketones (excluding diaryl/α,β-unsaturated/α-hetero) is 1. The quantitative estimate of drug-likeness (QED) is 0.881. The summed E-state index contributed by atoms with van der Waals surface area (Å²) in [6.07, 6.45) is 2.40. The minimum atomic E-state index is -0.441. The number of carbonyl (C=O) groups excluding carboxylic acids is 2. The molecule has 0 spiro atoms. The lowest BCUT2D eigenvalue weighted by molar-refractivity contribution is 0.0898. The van der Waals surface area contributed by atoms with Gasteiger partial charge in [-0.05, 0) is 12.3 Å². The van der Waals surface area contributed by atoms with Crippen molar-refractivity contribution in [3.63, 3.8) is 0 Å². The van der Waals surface area contributed by atoms with E-state index >= 15 is 0 Å². The standard InChI is InChI=1S/C14H16N4O3/c1-7-10-8(19)4-14(2,3)5-9(10)21-11(7)12(20)17-13-15-6-16-18-13/h6H,4-5H2,1-3H3,(H2,15,16,17,18,20). The number of nitrogens with zero attached hydrogens (tertiary/aromatic N) is 2. The van der Waals surface area contributed by atoms with Gasteiger partial charge in [0.1, 0.15) is 12.1 Å². The highest BCUT2D eigenvalue weighted by atomic mass is 16.4. The van der Waals surface area contributed by atoms with Crippen molar-refractivity contribution in [1.29, 1.82) is 0 Å². The molecule has 0 saturated carbocycles. The fraction of sp³-hybridized carbons (Fsp3) is 0.429. The summed E-state index contributed by atoms with van der Waals surface area (Å²) in [5.41, 5.74) is 0.993. The van der Waals surface area contributed by atoms with Crippen molar-refractivity contribution in [2.24, 2.45) is 5.41 Å². The summed E-state index contributed by atoms with van der Waals surface area (Å²) in [6.45, 7) is 5.76. The summed E-state index contributed by atoms with van der Waals surface area (Å²) in [4.78, 5) is 28.3. The van der Waals surface area contributed by atoms with Crippen LogP contribution in [0.3, 0.4) is 0 Å². The third kappa shape index (κ3) is 2.35. The summed E-state index contributed by atoms with van der Waals surface area (Å²) in [5.74, 6) is 0.574. The fourth-order valence-corrected chi connectivity index (χ4v) is 2.73. The molecule has 21 heavy (non-hydrogen) atoms. The van der Waals surface area contributed by atoms with Crippen LogP contribution in [0.15, 0.2) is 10.7 Å². The number of carbonyl (C=O) groups is 2. The topological polar surface area (TPSA) is 101 Å². The Bertz CT molecular complexity index is 713. The SMILES string of the molecule is Cc1c(C(=O)Nc2ncn[nH]2)oc2c1C(=O)CC(C)(C)C2. The Hall–Kier alpha value is -2.44. The van der Waals surface area contributed by atoms with Crippen LogP contribution < -0.4 is 5.32 Å². The molecule has 1 amide bonds. The second-order valence-corrected chi connectivity index (χ2v) is 6.08. The molecular weight excluding hydrogens is 272 g/mol. The number of hydrogen-bond acceptors (Lipinski definition) is 5. The number of aromatic nitrogens is 3. The Balaban J connectivity index is 1.95. The molecule has 0 fully saturated rings. The zero-order valence-corrected chi connectivity index (χ0v) is 12.1. The van der Waals surface area contributed by atoms with Crippen LogP contribution in [0.25, 0.3) is 0 Å². The summed E-state index contributed by atoms with van der Waals surface area (Å²) >= 11 is 0. The number of anilines is 1. The predicted molar refractivity (Wildman–Crippen MR) is 74.2 cm³/mol. The molecule has 0 radical (unpaired) electrons. The van der Waals surface area contributed by atoms with Crippen molar-refractivity contribution in [2.45, 2.75) is 33.6 Å². The van der Waals surface area contributed by atoms with E-state index in [0.29, 0.717) is 29.7 Å². The van der Waals surface area contributed by atoms with E-state index in [4.69, 9.17) is 4.42 Å². The van der Waals surface area contributed by atoms with Crippen molar-refractivity contribution in [3.05, 3.63) is 29.0 Å². The molecule has 0 unspecified atom stereocenters. The highest BCUT2D eigenvalue weighted by molar-refractivity contribution is 6.07. The van der Waals surface area contributed by atoms with Gasteiger partial charge in [0.15, 0.2) is 11.5 Å². The molecule has 0 aromatic carbocycles. The molecular formula is C14H16N4O3. The van der Waals surface area contributed by atoms with Crippen molar-refractivity contribution >= 4 is 17.6 Å². The molecule has 0 saturated heterocycles. The molecule has 110 valence electrons. The molecule has 7 heteroatoms. The van der Waals surface area contributed by atoms with Gasteiger partial charge in [0.05, 0.1) is 5.56 Å². The van der Waals surface area contributed by atoms with Gasteiger partial charge in [-0.3, -0.25) is 14.9 Å². The normalized spacial score (nSPS) is 16.6. The average molecular weight is 288 g/mol. The van der Waals surface area contributed by atoms with E-state index in [9.17, 15) is 9.59 Å². The zero-order chi connectivity index (χ0) is 15.2. The Morgan fingerprint density at radius 1 is 1.43 bits per heavy atom. The molecule has 2 heterocycles. The van der Waals surface area contributed by atoms with Crippen LogP contribution in [-0.2, 0) is 6.42 Å². The van der Waals surface area contributed by atoms with Gasteiger partial charge in [0, 0.05) is 18.4 Å². The molecule has 1 aliphatic rings. The van der Waals surface area contributed by atoms with Crippen molar-refractivity contribution in [3.8, 4) is 0 Å². The van der Waals surface area contributed by atoms with Gasteiger partial charge < -0.3 is 4.42 Å². The molecule has 0 atom stereocenters. The predicted octanol–water partition coefficient (Wildman–Crippen LogP) is 2.11. The number of ketones is 1. The lowest BCUT2D eigenvalue weighted by atomic mass is 9.76. The van der Waals surface area contributed by atoms with Gasteiger partial charge in [-0.1, -0.05) is 13.8 Å². The second kappa shape index (κ2) is 4.54. The van der Waals surface area contributed by atoms with Gasteiger partial charge >= 0.3 is 0 Å². The lowest BCUT2D eigenvalue weighted by Gasteiger charge is -2.27. The Labute approximate surface area is 121 Å². The lowest BCUT2D eigenvalue weighted by Crippen LogP contribution is -2.26. The third-order valence-corrected chi connectivity index (χ3v) is 3.63. The number of nitrogens with one attached hydrogen (secondary N) is 2. The van der Waals surface area contributed by atoms with Crippen LogP contribution in [0.5, 0.6) is 0 Å². The van der Waals surface area contributed by atoms with Gasteiger partial charge in [-0.2, -0.15) is 10.1 Å². The van der Waals surface area contributed by atoms with Crippen LogP contribution in [0.1, 0.15) is 52.5 Å². The number of furan rings is 1. The van der Waals surface area contributed by atoms with E-state index in [2.05, 4.69) is 20.5 Å². The van der Waals surface area contributed by atoms with Crippen LogP contribution in [0.2, 0.25) is 0 Å². The Morgan fingerprint density at radius 2 is 2.19 bits per heavy atom. The van der Waals surface area contributed by atoms with E-state index < -0.39 is 5.91 Å². The minimum absolute atomic E-state index is 0.0289. The number of hydrogen-bond donors (Lipinski definition) is 2. The third-order valence-electron chi connectivity index (χ3n) is 3.63. The van der Waals surface area contributed by atoms with Crippen molar-refractivity contribution in [2.75, 3.05) is 5.32 Å². The van der Waals surface area contributed by atoms with Crippen molar-refractivity contribution in [1.82, 2.24) is 15.2 Å². The zero-order valence-electron chi connectivity index (χ0n) is 12.1. The average Bonchev–Trinajstić information content (AvgIpc) is 2.95. The molecule has 0 bridgehead atoms. The summed E-state index contributed by atoms with van der Waals surface area (Å²) < 4.78 is 5.66. The highest BCUT2D eigenvalue weighted by Gasteiger charge is 2.37. The van der Waals surface area contributed by atoms with Gasteiger partial charge in [0.2, 0.25) is 5.95 Å². The molecule has 1 aliphatic carbocycles. The number of aromatic amines is 1. The Morgan fingerprint density at radius 3 is 2.86 bits per heavy atom. The highest BCUT2D eigenvalue weighted by Crippen LogP contribution is 2.38. The first kappa shape index (κ1) is 13.5. The number of fused-ring (bicyclic) bond motifs is 1. The van der Waals surface area contributed by atoms with E-state index in [-0.39, 0.29) is 22.9 Å². The minimum Gasteiger partial charge on any atom is -0.455 e. The van der Waals surface area contributed by atoms with E-state index in [0.717, 1.165) is 0 Å². The maximum absolute atomic E-state index is 12.3.